The molecule has 0 fully saturated rings. The Hall–Kier alpha value is -3.03. The van der Waals surface area contributed by atoms with Gasteiger partial charge in [0.15, 0.2) is 11.5 Å². The lowest BCUT2D eigenvalue weighted by atomic mass is 9.96. The van der Waals surface area contributed by atoms with E-state index in [2.05, 4.69) is 15.3 Å². The SMILES string of the molecule is COc1cc(Cc2cnc(NC(=O)C(C)(C)C)nc2N)cc(OC)c1OC. The number of ether oxygens (including phenoxy) is 3. The van der Waals surface area contributed by atoms with Crippen molar-refractivity contribution in [2.75, 3.05) is 32.4 Å². The number of carbonyl (C=O) groups is 1. The Morgan fingerprint density at radius 2 is 1.70 bits per heavy atom. The minimum absolute atomic E-state index is 0.181. The number of aromatic nitrogens is 2. The lowest BCUT2D eigenvalue weighted by Crippen LogP contribution is -2.28. The minimum atomic E-state index is -0.549. The average Bonchev–Trinajstić information content (AvgIpc) is 2.62. The van der Waals surface area contributed by atoms with Gasteiger partial charge < -0.3 is 19.9 Å². The van der Waals surface area contributed by atoms with Crippen LogP contribution < -0.4 is 25.3 Å². The summed E-state index contributed by atoms with van der Waals surface area (Å²) in [6.45, 7) is 5.43. The van der Waals surface area contributed by atoms with Gasteiger partial charge in [-0.2, -0.15) is 4.98 Å². The quantitative estimate of drug-likeness (QED) is 0.800. The molecule has 8 nitrogen and oxygen atoms in total. The molecule has 2 aromatic rings. The van der Waals surface area contributed by atoms with Crippen molar-refractivity contribution in [2.45, 2.75) is 27.2 Å². The molecule has 0 aliphatic rings. The van der Waals surface area contributed by atoms with E-state index in [1.54, 1.807) is 27.5 Å². The van der Waals surface area contributed by atoms with Crippen LogP contribution in [0.25, 0.3) is 0 Å². The maximum Gasteiger partial charge on any atom is 0.232 e. The topological polar surface area (TPSA) is 109 Å². The van der Waals surface area contributed by atoms with Crippen LogP contribution in [0.4, 0.5) is 11.8 Å². The molecular formula is C19H26N4O4. The van der Waals surface area contributed by atoms with Crippen LogP contribution in [0.5, 0.6) is 17.2 Å². The molecule has 1 amide bonds. The summed E-state index contributed by atoms with van der Waals surface area (Å²) in [5.41, 5.74) is 7.13. The zero-order valence-electron chi connectivity index (χ0n) is 16.5. The van der Waals surface area contributed by atoms with E-state index in [0.717, 1.165) is 11.1 Å². The Labute approximate surface area is 159 Å². The fourth-order valence-electron chi connectivity index (χ4n) is 2.36. The number of carbonyl (C=O) groups excluding carboxylic acids is 1. The molecular weight excluding hydrogens is 348 g/mol. The molecule has 1 heterocycles. The normalized spacial score (nSPS) is 11.0. The van der Waals surface area contributed by atoms with E-state index in [1.807, 2.05) is 32.9 Å². The molecule has 8 heteroatoms. The second kappa shape index (κ2) is 8.11. The van der Waals surface area contributed by atoms with Gasteiger partial charge in [0.05, 0.1) is 21.3 Å². The van der Waals surface area contributed by atoms with E-state index in [0.29, 0.717) is 29.5 Å². The molecule has 2 rings (SSSR count). The van der Waals surface area contributed by atoms with Crippen LogP contribution in [0.15, 0.2) is 18.3 Å². The fraction of sp³-hybridized carbons (Fsp3) is 0.421. The third-order valence-electron chi connectivity index (χ3n) is 3.92. The Morgan fingerprint density at radius 1 is 1.11 bits per heavy atom. The molecule has 1 aromatic heterocycles. The number of nitrogens with one attached hydrogen (secondary N) is 1. The summed E-state index contributed by atoms with van der Waals surface area (Å²) in [5, 5.41) is 2.67. The summed E-state index contributed by atoms with van der Waals surface area (Å²) in [6.07, 6.45) is 2.07. The number of amides is 1. The predicted molar refractivity (Wildman–Crippen MR) is 103 cm³/mol. The maximum atomic E-state index is 12.1. The van der Waals surface area contributed by atoms with Gasteiger partial charge in [-0.1, -0.05) is 20.8 Å². The first-order valence-electron chi connectivity index (χ1n) is 8.41. The molecule has 27 heavy (non-hydrogen) atoms. The summed E-state index contributed by atoms with van der Waals surface area (Å²) < 4.78 is 16.1. The molecule has 1 aromatic carbocycles. The van der Waals surface area contributed by atoms with Crippen molar-refractivity contribution in [1.82, 2.24) is 9.97 Å². The van der Waals surface area contributed by atoms with Gasteiger partial charge in [-0.25, -0.2) is 4.98 Å². The highest BCUT2D eigenvalue weighted by atomic mass is 16.5. The van der Waals surface area contributed by atoms with E-state index in [1.165, 1.54) is 0 Å². The number of nitrogens with two attached hydrogens (primary N) is 1. The second-order valence-corrected chi connectivity index (χ2v) is 7.02. The summed E-state index contributed by atoms with van der Waals surface area (Å²) in [4.78, 5) is 20.4. The first-order valence-corrected chi connectivity index (χ1v) is 8.41. The van der Waals surface area contributed by atoms with Crippen molar-refractivity contribution in [1.29, 1.82) is 0 Å². The molecule has 0 bridgehead atoms. The molecule has 0 spiro atoms. The van der Waals surface area contributed by atoms with Crippen LogP contribution in [0, 0.1) is 5.41 Å². The maximum absolute atomic E-state index is 12.1. The van der Waals surface area contributed by atoms with Crippen LogP contribution in [0.3, 0.4) is 0 Å². The highest BCUT2D eigenvalue weighted by Crippen LogP contribution is 2.38. The largest absolute Gasteiger partial charge is 0.493 e. The molecule has 0 atom stereocenters. The van der Waals surface area contributed by atoms with Crippen LogP contribution in [0.2, 0.25) is 0 Å². The first-order chi connectivity index (χ1) is 12.7. The molecule has 0 unspecified atom stereocenters. The average molecular weight is 374 g/mol. The van der Waals surface area contributed by atoms with Crippen LogP contribution in [-0.2, 0) is 11.2 Å². The van der Waals surface area contributed by atoms with E-state index >= 15 is 0 Å². The highest BCUT2D eigenvalue weighted by molar-refractivity contribution is 5.93. The Balaban J connectivity index is 2.27. The molecule has 0 radical (unpaired) electrons. The van der Waals surface area contributed by atoms with Gasteiger partial charge in [0.2, 0.25) is 17.6 Å². The molecule has 146 valence electrons. The van der Waals surface area contributed by atoms with Crippen molar-refractivity contribution in [2.24, 2.45) is 5.41 Å². The lowest BCUT2D eigenvalue weighted by Gasteiger charge is -2.17. The van der Waals surface area contributed by atoms with Gasteiger partial charge in [0, 0.05) is 23.6 Å². The smallest absolute Gasteiger partial charge is 0.232 e. The molecule has 3 N–H and O–H groups in total. The van der Waals surface area contributed by atoms with Gasteiger partial charge in [-0.05, 0) is 17.7 Å². The van der Waals surface area contributed by atoms with Gasteiger partial charge >= 0.3 is 0 Å². The second-order valence-electron chi connectivity index (χ2n) is 7.02. The zero-order chi connectivity index (χ0) is 20.2. The number of benzene rings is 1. The van der Waals surface area contributed by atoms with Gasteiger partial charge in [0.25, 0.3) is 0 Å². The van der Waals surface area contributed by atoms with Crippen molar-refractivity contribution in [3.05, 3.63) is 29.5 Å². The Morgan fingerprint density at radius 3 is 2.15 bits per heavy atom. The van der Waals surface area contributed by atoms with Gasteiger partial charge in [0.1, 0.15) is 5.82 Å². The van der Waals surface area contributed by atoms with E-state index in [-0.39, 0.29) is 11.9 Å². The zero-order valence-corrected chi connectivity index (χ0v) is 16.5. The van der Waals surface area contributed by atoms with E-state index in [4.69, 9.17) is 19.9 Å². The number of rotatable bonds is 6. The van der Waals surface area contributed by atoms with E-state index < -0.39 is 5.41 Å². The number of hydrogen-bond donors (Lipinski definition) is 2. The third kappa shape index (κ3) is 4.78. The van der Waals surface area contributed by atoms with Gasteiger partial charge in [-0.15, -0.1) is 0 Å². The first kappa shape index (κ1) is 20.3. The highest BCUT2D eigenvalue weighted by Gasteiger charge is 2.22. The van der Waals surface area contributed by atoms with Gasteiger partial charge in [-0.3, -0.25) is 10.1 Å². The summed E-state index contributed by atoms with van der Waals surface area (Å²) in [5.74, 6) is 1.93. The number of hydrogen-bond acceptors (Lipinski definition) is 7. The van der Waals surface area contributed by atoms with Crippen molar-refractivity contribution >= 4 is 17.7 Å². The van der Waals surface area contributed by atoms with E-state index in [9.17, 15) is 4.79 Å². The van der Waals surface area contributed by atoms with Crippen LogP contribution in [0.1, 0.15) is 31.9 Å². The Bertz CT molecular complexity index is 806. The number of nitrogen functional groups attached to an aromatic ring is 1. The lowest BCUT2D eigenvalue weighted by molar-refractivity contribution is -0.123. The number of nitrogens with zero attached hydrogens (tertiary/aromatic N) is 2. The monoisotopic (exact) mass is 374 g/mol. The van der Waals surface area contributed by atoms with Crippen LogP contribution in [-0.4, -0.2) is 37.2 Å². The molecule has 0 aliphatic heterocycles. The van der Waals surface area contributed by atoms with Crippen molar-refractivity contribution in [3.63, 3.8) is 0 Å². The number of anilines is 2. The number of methoxy groups -OCH3 is 3. The fourth-order valence-corrected chi connectivity index (χ4v) is 2.36. The van der Waals surface area contributed by atoms with Crippen molar-refractivity contribution in [3.8, 4) is 17.2 Å². The summed E-state index contributed by atoms with van der Waals surface area (Å²) in [6, 6.07) is 3.69. The summed E-state index contributed by atoms with van der Waals surface area (Å²) in [7, 11) is 4.67. The standard InChI is InChI=1S/C19H26N4O4/c1-19(2,3)17(24)23-18-21-10-12(16(20)22-18)7-11-8-13(25-4)15(27-6)14(9-11)26-5/h8-10H,7H2,1-6H3,(H3,20,21,22,23,24). The minimum Gasteiger partial charge on any atom is -0.493 e. The molecule has 0 saturated carbocycles. The predicted octanol–water partition coefficient (Wildman–Crippen LogP) is 2.66. The Kier molecular flexibility index (Phi) is 6.09. The van der Waals surface area contributed by atoms with Crippen molar-refractivity contribution < 1.29 is 19.0 Å². The van der Waals surface area contributed by atoms with Crippen LogP contribution >= 0.6 is 0 Å². The third-order valence-corrected chi connectivity index (χ3v) is 3.92. The summed E-state index contributed by atoms with van der Waals surface area (Å²) >= 11 is 0. The molecule has 0 aliphatic carbocycles. The molecule has 0 saturated heterocycles.